The highest BCUT2D eigenvalue weighted by Gasteiger charge is 2.31. The predicted octanol–water partition coefficient (Wildman–Crippen LogP) is 2.67. The van der Waals surface area contributed by atoms with Gasteiger partial charge in [-0.25, -0.2) is 12.6 Å². The summed E-state index contributed by atoms with van der Waals surface area (Å²) in [5.41, 5.74) is 1.16. The van der Waals surface area contributed by atoms with Gasteiger partial charge in [-0.05, 0) is 36.1 Å². The van der Waals surface area contributed by atoms with Gasteiger partial charge >= 0.3 is 0 Å². The lowest BCUT2D eigenvalue weighted by molar-refractivity contribution is 0.0729. The number of morpholine rings is 1. The summed E-state index contributed by atoms with van der Waals surface area (Å²) in [4.78, 5) is -0.237. The zero-order chi connectivity index (χ0) is 25.2. The molecule has 35 heavy (non-hydrogen) atoms. The summed E-state index contributed by atoms with van der Waals surface area (Å²) in [6.45, 7) is 7.10. The second-order valence-corrected chi connectivity index (χ2v) is 11.2. The Kier molecular flexibility index (Phi) is 7.59. The van der Waals surface area contributed by atoms with Crippen LogP contribution in [0.25, 0.3) is 0 Å². The van der Waals surface area contributed by atoms with Crippen LogP contribution in [0.2, 0.25) is 0 Å². The van der Waals surface area contributed by atoms with Crippen molar-refractivity contribution in [1.82, 2.24) is 9.62 Å². The zero-order valence-electron chi connectivity index (χ0n) is 19.7. The van der Waals surface area contributed by atoms with Gasteiger partial charge in [0, 0.05) is 13.1 Å². The fraction of sp³-hybridized carbons (Fsp3) is 0.455. The van der Waals surface area contributed by atoms with Crippen molar-refractivity contribution in [3.63, 3.8) is 0 Å². The Balaban J connectivity index is 1.55. The van der Waals surface area contributed by atoms with Crippen LogP contribution in [-0.2, 0) is 25.9 Å². The molecule has 0 saturated carbocycles. The summed E-state index contributed by atoms with van der Waals surface area (Å²) in [5, 5.41) is 16.9. The fourth-order valence-corrected chi connectivity index (χ4v) is 5.86. The lowest BCUT2D eigenvalue weighted by Gasteiger charge is -2.26. The average Bonchev–Trinajstić information content (AvgIpc) is 3.46. The summed E-state index contributed by atoms with van der Waals surface area (Å²) < 4.78 is 58.5. The Bertz CT molecular complexity index is 1260. The highest BCUT2D eigenvalue weighted by molar-refractivity contribution is 7.89. The molecule has 190 valence electrons. The first-order chi connectivity index (χ1) is 16.7. The minimum Gasteiger partial charge on any atom is -0.504 e. The Hall–Kier alpha value is -2.74. The summed E-state index contributed by atoms with van der Waals surface area (Å²) in [7, 11) is -3.93. The highest BCUT2D eigenvalue weighted by atomic mass is 32.2. The zero-order valence-corrected chi connectivity index (χ0v) is 21.4. The van der Waals surface area contributed by atoms with Gasteiger partial charge in [0.1, 0.15) is 10.7 Å². The van der Waals surface area contributed by atoms with Crippen LogP contribution in [0.3, 0.4) is 0 Å². The third kappa shape index (κ3) is 5.42. The standard InChI is InChI=1S/C22H29N5O6S2/c1-4-16(18-12-15(13-33-18)14(2)3)23-21-22(26-34(29)25-21)24-17-6-5-7-19(20(17)28)35(30,31)27-8-10-32-11-9-27/h5-7,12-14,16,28H,4,8-11H2,1-3H3,(H,23,25)(H,24,26)/t16-,34?/m1/s1. The molecule has 1 fully saturated rings. The molecule has 3 heterocycles. The second kappa shape index (κ2) is 10.5. The number of nitrogens with one attached hydrogen (secondary N) is 2. The topological polar surface area (TPSA) is 146 Å². The van der Waals surface area contributed by atoms with Gasteiger partial charge in [-0.3, -0.25) is 0 Å². The number of para-hydroxylation sites is 1. The molecule has 0 amide bonds. The minimum absolute atomic E-state index is 0.0969. The van der Waals surface area contributed by atoms with Gasteiger partial charge in [-0.2, -0.15) is 4.31 Å². The van der Waals surface area contributed by atoms with Crippen molar-refractivity contribution in [3.8, 4) is 5.75 Å². The van der Waals surface area contributed by atoms with Gasteiger partial charge in [-0.1, -0.05) is 26.8 Å². The molecule has 0 radical (unpaired) electrons. The molecular weight excluding hydrogens is 494 g/mol. The van der Waals surface area contributed by atoms with Crippen molar-refractivity contribution in [1.29, 1.82) is 0 Å². The lowest BCUT2D eigenvalue weighted by Crippen LogP contribution is -2.40. The molecule has 13 heteroatoms. The monoisotopic (exact) mass is 523 g/mol. The lowest BCUT2D eigenvalue weighted by atomic mass is 10.1. The number of benzene rings is 1. The molecule has 1 aromatic carbocycles. The van der Waals surface area contributed by atoms with Crippen LogP contribution in [0.5, 0.6) is 5.75 Å². The molecule has 2 aromatic rings. The maximum absolute atomic E-state index is 13.1. The van der Waals surface area contributed by atoms with E-state index in [1.54, 1.807) is 6.26 Å². The number of amidine groups is 2. The van der Waals surface area contributed by atoms with Gasteiger partial charge in [0.25, 0.3) is 11.2 Å². The van der Waals surface area contributed by atoms with Crippen molar-refractivity contribution in [2.75, 3.05) is 31.6 Å². The Morgan fingerprint density at radius 3 is 2.57 bits per heavy atom. The van der Waals surface area contributed by atoms with Crippen LogP contribution in [0.1, 0.15) is 50.5 Å². The quantitative estimate of drug-likeness (QED) is 0.470. The van der Waals surface area contributed by atoms with Crippen molar-refractivity contribution in [2.24, 2.45) is 8.80 Å². The van der Waals surface area contributed by atoms with Crippen LogP contribution in [0.4, 0.5) is 5.69 Å². The van der Waals surface area contributed by atoms with Gasteiger partial charge in [0.2, 0.25) is 10.0 Å². The maximum Gasteiger partial charge on any atom is 0.269 e. The second-order valence-electron chi connectivity index (χ2n) is 8.45. The Morgan fingerprint density at radius 2 is 1.91 bits per heavy atom. The summed E-state index contributed by atoms with van der Waals surface area (Å²) in [6, 6.07) is 6.06. The molecule has 0 bridgehead atoms. The van der Waals surface area contributed by atoms with E-state index in [2.05, 4.69) is 33.3 Å². The van der Waals surface area contributed by atoms with E-state index in [1.165, 1.54) is 22.5 Å². The Morgan fingerprint density at radius 1 is 1.20 bits per heavy atom. The normalized spacial score (nSPS) is 19.9. The van der Waals surface area contributed by atoms with E-state index in [1.807, 2.05) is 13.0 Å². The van der Waals surface area contributed by atoms with Gasteiger partial charge < -0.3 is 24.9 Å². The van der Waals surface area contributed by atoms with E-state index in [0.29, 0.717) is 31.3 Å². The van der Waals surface area contributed by atoms with Crippen LogP contribution >= 0.6 is 0 Å². The fourth-order valence-electron chi connectivity index (χ4n) is 3.72. The van der Waals surface area contributed by atoms with Crippen LogP contribution < -0.4 is 10.6 Å². The number of sulfonamides is 1. The smallest absolute Gasteiger partial charge is 0.269 e. The molecule has 1 aromatic heterocycles. The molecule has 11 nitrogen and oxygen atoms in total. The number of phenolic OH excluding ortho intramolecular Hbond substituents is 1. The molecule has 2 aliphatic heterocycles. The number of furan rings is 1. The molecular formula is C22H29N5O6S2. The number of phenols is 1. The SMILES string of the molecule is CC[C@@H](NC1=NS(=O)N=C1Nc1cccc(S(=O)(=O)N2CCOCC2)c1O)c1cc(C(C)C)co1. The summed E-state index contributed by atoms with van der Waals surface area (Å²) in [6.07, 6.45) is 2.37. The van der Waals surface area contributed by atoms with E-state index in [-0.39, 0.29) is 41.4 Å². The predicted molar refractivity (Wildman–Crippen MR) is 133 cm³/mol. The molecule has 0 aliphatic carbocycles. The molecule has 3 N–H and O–H groups in total. The van der Waals surface area contributed by atoms with E-state index in [4.69, 9.17) is 9.15 Å². The number of hydrogen-bond acceptors (Lipinski definition) is 8. The van der Waals surface area contributed by atoms with E-state index in [9.17, 15) is 17.7 Å². The number of hydrogen-bond donors (Lipinski definition) is 3. The highest BCUT2D eigenvalue weighted by Crippen LogP contribution is 2.33. The minimum atomic E-state index is -3.93. The average molecular weight is 524 g/mol. The van der Waals surface area contributed by atoms with Gasteiger partial charge in [0.15, 0.2) is 17.4 Å². The number of aromatic hydroxyl groups is 1. The first kappa shape index (κ1) is 25.4. The largest absolute Gasteiger partial charge is 0.504 e. The van der Waals surface area contributed by atoms with E-state index in [0.717, 1.165) is 5.56 Å². The van der Waals surface area contributed by atoms with Gasteiger partial charge in [-0.15, -0.1) is 8.80 Å². The van der Waals surface area contributed by atoms with Crippen molar-refractivity contribution in [3.05, 3.63) is 41.9 Å². The van der Waals surface area contributed by atoms with E-state index >= 15 is 0 Å². The summed E-state index contributed by atoms with van der Waals surface area (Å²) >= 11 is -1.87. The molecule has 2 atom stereocenters. The van der Waals surface area contributed by atoms with Crippen molar-refractivity contribution in [2.45, 2.75) is 44.0 Å². The first-order valence-electron chi connectivity index (χ1n) is 11.3. The summed E-state index contributed by atoms with van der Waals surface area (Å²) in [5.74, 6) is 0.895. The van der Waals surface area contributed by atoms with Crippen molar-refractivity contribution < 1.29 is 26.9 Å². The van der Waals surface area contributed by atoms with Crippen molar-refractivity contribution >= 4 is 38.6 Å². The number of ether oxygens (including phenoxy) is 1. The van der Waals surface area contributed by atoms with Gasteiger partial charge in [0.05, 0.1) is 31.2 Å². The maximum atomic E-state index is 13.1. The van der Waals surface area contributed by atoms with E-state index < -0.39 is 26.9 Å². The third-order valence-corrected chi connectivity index (χ3v) is 8.38. The molecule has 2 aliphatic rings. The Labute approximate surface area is 207 Å². The third-order valence-electron chi connectivity index (χ3n) is 5.77. The number of nitrogens with zero attached hydrogens (tertiary/aromatic N) is 3. The molecule has 1 unspecified atom stereocenters. The van der Waals surface area contributed by atoms with Crippen LogP contribution in [0.15, 0.2) is 48.6 Å². The number of anilines is 1. The number of rotatable bonds is 7. The molecule has 1 saturated heterocycles. The molecule has 4 rings (SSSR count). The first-order valence-corrected chi connectivity index (χ1v) is 13.8. The van der Waals surface area contributed by atoms with Crippen LogP contribution in [0, 0.1) is 0 Å². The molecule has 0 spiro atoms. The van der Waals surface area contributed by atoms with Crippen LogP contribution in [-0.4, -0.2) is 60.0 Å².